The Labute approximate surface area is 150 Å². The Morgan fingerprint density at radius 3 is 2.60 bits per heavy atom. The maximum atomic E-state index is 12.2. The van der Waals surface area contributed by atoms with Crippen molar-refractivity contribution in [3.05, 3.63) is 42.5 Å². The summed E-state index contributed by atoms with van der Waals surface area (Å²) in [5.41, 5.74) is -0.0183. The summed E-state index contributed by atoms with van der Waals surface area (Å²) in [6, 6.07) is 14.0. The second kappa shape index (κ2) is 7.87. The monoisotopic (exact) mass is 340 g/mol. The average molecular weight is 340 g/mol. The Morgan fingerprint density at radius 1 is 1.08 bits per heavy atom. The first-order valence-electron chi connectivity index (χ1n) is 9.19. The van der Waals surface area contributed by atoms with Crippen molar-refractivity contribution in [2.24, 2.45) is 0 Å². The minimum atomic E-state index is -0.0713. The summed E-state index contributed by atoms with van der Waals surface area (Å²) in [6.45, 7) is 7.33. The number of nitrogens with zero attached hydrogens (tertiary/aromatic N) is 1. The van der Waals surface area contributed by atoms with Crippen molar-refractivity contribution in [1.29, 1.82) is 0 Å². The van der Waals surface area contributed by atoms with Crippen LogP contribution in [0.25, 0.3) is 10.8 Å². The molecule has 2 aromatic rings. The lowest BCUT2D eigenvalue weighted by atomic mass is 9.98. The highest BCUT2D eigenvalue weighted by Gasteiger charge is 2.28. The Kier molecular flexibility index (Phi) is 5.59. The number of hydrogen-bond acceptors (Lipinski definition) is 3. The molecule has 4 heteroatoms. The molecule has 0 unspecified atom stereocenters. The maximum absolute atomic E-state index is 12.2. The number of rotatable bonds is 6. The van der Waals surface area contributed by atoms with Gasteiger partial charge in [-0.1, -0.05) is 42.8 Å². The Bertz CT molecular complexity index is 715. The number of fused-ring (bicyclic) bond motifs is 1. The average Bonchev–Trinajstić information content (AvgIpc) is 2.65. The van der Waals surface area contributed by atoms with Gasteiger partial charge in [-0.3, -0.25) is 9.69 Å². The van der Waals surface area contributed by atoms with E-state index in [1.54, 1.807) is 0 Å². The number of piperidine rings is 1. The molecule has 0 aromatic heterocycles. The molecule has 1 fully saturated rings. The number of amides is 1. The summed E-state index contributed by atoms with van der Waals surface area (Å²) in [5.74, 6) is 0.682. The van der Waals surface area contributed by atoms with Crippen LogP contribution in [0.15, 0.2) is 42.5 Å². The van der Waals surface area contributed by atoms with Crippen molar-refractivity contribution < 1.29 is 9.53 Å². The molecule has 1 saturated heterocycles. The normalized spacial score (nSPS) is 15.9. The van der Waals surface area contributed by atoms with E-state index in [0.29, 0.717) is 6.54 Å². The van der Waals surface area contributed by atoms with Crippen LogP contribution in [0.1, 0.15) is 33.1 Å². The van der Waals surface area contributed by atoms with E-state index >= 15 is 0 Å². The molecule has 1 aliphatic rings. The molecule has 0 atom stereocenters. The SMILES string of the molecule is CC(C)(CNC(=O)COc1cccc2ccccc12)N1CCCCC1. The summed E-state index contributed by atoms with van der Waals surface area (Å²) < 4.78 is 5.77. The first-order valence-corrected chi connectivity index (χ1v) is 9.19. The van der Waals surface area contributed by atoms with Crippen LogP contribution >= 0.6 is 0 Å². The Hall–Kier alpha value is -2.07. The summed E-state index contributed by atoms with van der Waals surface area (Å²) >= 11 is 0. The molecule has 0 spiro atoms. The van der Waals surface area contributed by atoms with Crippen LogP contribution in [0, 0.1) is 0 Å². The zero-order chi connectivity index (χ0) is 17.7. The molecule has 0 bridgehead atoms. The lowest BCUT2D eigenvalue weighted by Gasteiger charge is -2.41. The molecule has 2 aromatic carbocycles. The summed E-state index contributed by atoms with van der Waals surface area (Å²) in [7, 11) is 0. The first kappa shape index (κ1) is 17.7. The lowest BCUT2D eigenvalue weighted by Crippen LogP contribution is -2.53. The number of carbonyl (C=O) groups excluding carboxylic acids is 1. The molecule has 3 rings (SSSR count). The molecule has 0 radical (unpaired) electrons. The predicted octanol–water partition coefficient (Wildman–Crippen LogP) is 3.60. The van der Waals surface area contributed by atoms with Gasteiger partial charge < -0.3 is 10.1 Å². The molecule has 25 heavy (non-hydrogen) atoms. The van der Waals surface area contributed by atoms with E-state index in [1.165, 1.54) is 19.3 Å². The largest absolute Gasteiger partial charge is 0.483 e. The topological polar surface area (TPSA) is 41.6 Å². The van der Waals surface area contributed by atoms with Crippen LogP contribution in [-0.4, -0.2) is 42.6 Å². The number of benzene rings is 2. The van der Waals surface area contributed by atoms with Gasteiger partial charge in [0.15, 0.2) is 6.61 Å². The Balaban J connectivity index is 1.52. The molecule has 0 aliphatic carbocycles. The fourth-order valence-corrected chi connectivity index (χ4v) is 3.44. The second-order valence-corrected chi connectivity index (χ2v) is 7.40. The minimum absolute atomic E-state index is 0.0183. The fraction of sp³-hybridized carbons (Fsp3) is 0.476. The van der Waals surface area contributed by atoms with Gasteiger partial charge in [0.05, 0.1) is 0 Å². The van der Waals surface area contributed by atoms with Gasteiger partial charge in [-0.2, -0.15) is 0 Å². The van der Waals surface area contributed by atoms with Crippen LogP contribution in [0.2, 0.25) is 0 Å². The molecular weight excluding hydrogens is 312 g/mol. The highest BCUT2D eigenvalue weighted by Crippen LogP contribution is 2.25. The van der Waals surface area contributed by atoms with Gasteiger partial charge in [0.2, 0.25) is 0 Å². The van der Waals surface area contributed by atoms with Crippen molar-refractivity contribution in [3.63, 3.8) is 0 Å². The number of nitrogens with one attached hydrogen (secondary N) is 1. The van der Waals surface area contributed by atoms with E-state index < -0.39 is 0 Å². The third-order valence-corrected chi connectivity index (χ3v) is 5.04. The van der Waals surface area contributed by atoms with E-state index in [4.69, 9.17) is 4.74 Å². The van der Waals surface area contributed by atoms with Crippen LogP contribution in [0.5, 0.6) is 5.75 Å². The van der Waals surface area contributed by atoms with Gasteiger partial charge in [-0.25, -0.2) is 0 Å². The number of ether oxygens (including phenoxy) is 1. The van der Waals surface area contributed by atoms with Crippen molar-refractivity contribution >= 4 is 16.7 Å². The molecule has 134 valence electrons. The molecule has 0 saturated carbocycles. The van der Waals surface area contributed by atoms with Gasteiger partial charge in [0, 0.05) is 17.5 Å². The van der Waals surface area contributed by atoms with Crippen LogP contribution in [-0.2, 0) is 4.79 Å². The van der Waals surface area contributed by atoms with E-state index in [-0.39, 0.29) is 18.1 Å². The standard InChI is InChI=1S/C21H28N2O2/c1-21(2,23-13-6-3-7-14-23)16-22-20(24)15-25-19-12-8-10-17-9-4-5-11-18(17)19/h4-5,8-12H,3,6-7,13-16H2,1-2H3,(H,22,24). The first-order chi connectivity index (χ1) is 12.1. The molecule has 1 amide bonds. The third-order valence-electron chi connectivity index (χ3n) is 5.04. The lowest BCUT2D eigenvalue weighted by molar-refractivity contribution is -0.123. The van der Waals surface area contributed by atoms with E-state index in [2.05, 4.69) is 24.1 Å². The van der Waals surface area contributed by atoms with Crippen molar-refractivity contribution in [3.8, 4) is 5.75 Å². The number of likely N-dealkylation sites (tertiary alicyclic amines) is 1. The van der Waals surface area contributed by atoms with Crippen molar-refractivity contribution in [2.75, 3.05) is 26.2 Å². The van der Waals surface area contributed by atoms with E-state index in [1.807, 2.05) is 42.5 Å². The van der Waals surface area contributed by atoms with Crippen LogP contribution in [0.3, 0.4) is 0 Å². The van der Waals surface area contributed by atoms with Gasteiger partial charge in [0.25, 0.3) is 5.91 Å². The third kappa shape index (κ3) is 4.51. The number of hydrogen-bond donors (Lipinski definition) is 1. The zero-order valence-corrected chi connectivity index (χ0v) is 15.3. The Morgan fingerprint density at radius 2 is 1.80 bits per heavy atom. The summed E-state index contributed by atoms with van der Waals surface area (Å²) in [6.07, 6.45) is 3.82. The smallest absolute Gasteiger partial charge is 0.258 e. The molecule has 1 N–H and O–H groups in total. The van der Waals surface area contributed by atoms with Gasteiger partial charge >= 0.3 is 0 Å². The zero-order valence-electron chi connectivity index (χ0n) is 15.3. The van der Waals surface area contributed by atoms with Gasteiger partial charge in [-0.05, 0) is 51.2 Å². The highest BCUT2D eigenvalue weighted by atomic mass is 16.5. The van der Waals surface area contributed by atoms with Crippen molar-refractivity contribution in [1.82, 2.24) is 10.2 Å². The fourth-order valence-electron chi connectivity index (χ4n) is 3.44. The second-order valence-electron chi connectivity index (χ2n) is 7.40. The maximum Gasteiger partial charge on any atom is 0.258 e. The molecular formula is C21H28N2O2. The van der Waals surface area contributed by atoms with Gasteiger partial charge in [-0.15, -0.1) is 0 Å². The molecule has 1 aliphatic heterocycles. The van der Waals surface area contributed by atoms with Crippen LogP contribution < -0.4 is 10.1 Å². The molecule has 4 nitrogen and oxygen atoms in total. The quantitative estimate of drug-likeness (QED) is 0.873. The van der Waals surface area contributed by atoms with Crippen LogP contribution in [0.4, 0.5) is 0 Å². The highest BCUT2D eigenvalue weighted by molar-refractivity contribution is 5.88. The molecule has 1 heterocycles. The summed E-state index contributed by atoms with van der Waals surface area (Å²) in [5, 5.41) is 5.18. The predicted molar refractivity (Wildman–Crippen MR) is 102 cm³/mol. The van der Waals surface area contributed by atoms with Crippen molar-refractivity contribution in [2.45, 2.75) is 38.6 Å². The van der Waals surface area contributed by atoms with E-state index in [0.717, 1.165) is 29.6 Å². The van der Waals surface area contributed by atoms with E-state index in [9.17, 15) is 4.79 Å². The number of carbonyl (C=O) groups is 1. The minimum Gasteiger partial charge on any atom is -0.483 e. The van der Waals surface area contributed by atoms with Gasteiger partial charge in [0.1, 0.15) is 5.75 Å². The summed E-state index contributed by atoms with van der Waals surface area (Å²) in [4.78, 5) is 14.7.